The summed E-state index contributed by atoms with van der Waals surface area (Å²) in [4.78, 5) is 37.0. The van der Waals surface area contributed by atoms with Crippen LogP contribution in [0, 0.1) is 5.82 Å². The minimum atomic E-state index is -0.569. The lowest BCUT2D eigenvalue weighted by molar-refractivity contribution is -0.130. The van der Waals surface area contributed by atoms with Gasteiger partial charge in [0.2, 0.25) is 11.8 Å². The quantitative estimate of drug-likeness (QED) is 0.669. The minimum absolute atomic E-state index is 0.0349. The second-order valence-corrected chi connectivity index (χ2v) is 6.87. The number of carbonyl (C=O) groups is 2. The van der Waals surface area contributed by atoms with Crippen LogP contribution in [0.1, 0.15) is 24.1 Å². The predicted molar refractivity (Wildman–Crippen MR) is 108 cm³/mol. The van der Waals surface area contributed by atoms with Gasteiger partial charge in [0.25, 0.3) is 5.56 Å². The minimum Gasteiger partial charge on any atom is -0.349 e. The Balaban J connectivity index is 1.78. The number of anilines is 1. The van der Waals surface area contributed by atoms with Crippen LogP contribution in [0.25, 0.3) is 10.8 Å². The van der Waals surface area contributed by atoms with Crippen LogP contribution in [-0.2, 0) is 16.0 Å². The number of hydrogen-bond donors (Lipinski definition) is 2. The molecule has 0 saturated carbocycles. The number of fused-ring (bicyclic) bond motifs is 1. The summed E-state index contributed by atoms with van der Waals surface area (Å²) in [6, 6.07) is 11.5. The summed E-state index contributed by atoms with van der Waals surface area (Å²) in [5.41, 5.74) is 1.12. The topological polar surface area (TPSA) is 95.2 Å². The van der Waals surface area contributed by atoms with Gasteiger partial charge in [0, 0.05) is 38.7 Å². The maximum Gasteiger partial charge on any atom is 0.272 e. The Hall–Kier alpha value is -3.55. The molecule has 1 heterocycles. The fraction of sp³-hybridized carbons (Fsp3) is 0.238. The molecule has 2 aromatic carbocycles. The molecule has 8 heteroatoms. The first-order valence-corrected chi connectivity index (χ1v) is 9.10. The van der Waals surface area contributed by atoms with E-state index in [9.17, 15) is 18.8 Å². The number of hydrogen-bond acceptors (Lipinski definition) is 4. The van der Waals surface area contributed by atoms with Gasteiger partial charge >= 0.3 is 0 Å². The fourth-order valence-electron chi connectivity index (χ4n) is 2.93. The van der Waals surface area contributed by atoms with Gasteiger partial charge in [0.05, 0.1) is 16.8 Å². The largest absolute Gasteiger partial charge is 0.349 e. The van der Waals surface area contributed by atoms with Gasteiger partial charge in [-0.2, -0.15) is 5.10 Å². The molecule has 2 N–H and O–H groups in total. The number of aromatic nitrogens is 2. The van der Waals surface area contributed by atoms with Crippen LogP contribution in [0.5, 0.6) is 0 Å². The first-order chi connectivity index (χ1) is 13.8. The number of carbonyl (C=O) groups excluding carboxylic acids is 2. The number of H-pyrrole nitrogens is 1. The van der Waals surface area contributed by atoms with Crippen molar-refractivity contribution in [3.8, 4) is 0 Å². The average Bonchev–Trinajstić information content (AvgIpc) is 2.71. The van der Waals surface area contributed by atoms with Crippen molar-refractivity contribution in [2.45, 2.75) is 19.3 Å². The van der Waals surface area contributed by atoms with Crippen LogP contribution >= 0.6 is 0 Å². The highest BCUT2D eigenvalue weighted by atomic mass is 19.1. The van der Waals surface area contributed by atoms with Crippen molar-refractivity contribution >= 4 is 28.3 Å². The third-order valence-corrected chi connectivity index (χ3v) is 4.52. The molecule has 0 saturated heterocycles. The van der Waals surface area contributed by atoms with Gasteiger partial charge in [-0.15, -0.1) is 0 Å². The molecule has 3 rings (SSSR count). The van der Waals surface area contributed by atoms with Crippen LogP contribution in [0.3, 0.4) is 0 Å². The molecule has 0 aliphatic rings. The molecule has 0 spiro atoms. The molecule has 7 nitrogen and oxygen atoms in total. The maximum atomic E-state index is 14.1. The number of benzene rings is 2. The number of halogens is 1. The van der Waals surface area contributed by atoms with E-state index in [4.69, 9.17) is 0 Å². The Morgan fingerprint density at radius 2 is 1.83 bits per heavy atom. The molecular weight excluding hydrogens is 375 g/mol. The molecule has 0 atom stereocenters. The highest BCUT2D eigenvalue weighted by molar-refractivity contribution is 5.93. The zero-order chi connectivity index (χ0) is 21.0. The van der Waals surface area contributed by atoms with Gasteiger partial charge in [0.15, 0.2) is 0 Å². The Morgan fingerprint density at radius 3 is 2.55 bits per heavy atom. The molecule has 0 aliphatic carbocycles. The second kappa shape index (κ2) is 8.64. The molecule has 0 unspecified atom stereocenters. The first-order valence-electron chi connectivity index (χ1n) is 9.10. The molecule has 29 heavy (non-hydrogen) atoms. The van der Waals surface area contributed by atoms with Crippen molar-refractivity contribution in [2.24, 2.45) is 0 Å². The molecule has 2 amide bonds. The van der Waals surface area contributed by atoms with Crippen molar-refractivity contribution in [3.05, 3.63) is 69.9 Å². The van der Waals surface area contributed by atoms with E-state index in [-0.39, 0.29) is 30.0 Å². The summed E-state index contributed by atoms with van der Waals surface area (Å²) in [5.74, 6) is -1.19. The summed E-state index contributed by atoms with van der Waals surface area (Å²) in [6.07, 6.45) is 0.361. The lowest BCUT2D eigenvalue weighted by atomic mass is 10.0. The number of nitrogens with zero attached hydrogens (tertiary/aromatic N) is 2. The summed E-state index contributed by atoms with van der Waals surface area (Å²) in [6.45, 7) is 0. The third kappa shape index (κ3) is 4.84. The fourth-order valence-corrected chi connectivity index (χ4v) is 2.93. The van der Waals surface area contributed by atoms with Crippen LogP contribution in [-0.4, -0.2) is 41.0 Å². The SMILES string of the molecule is CN(C)C(=O)CCC(=O)Nc1cc(Cc2n[nH]c(=O)c3ccccc23)ccc1F. The highest BCUT2D eigenvalue weighted by Crippen LogP contribution is 2.21. The number of rotatable bonds is 6. The third-order valence-electron chi connectivity index (χ3n) is 4.52. The number of nitrogens with one attached hydrogen (secondary N) is 2. The van der Waals surface area contributed by atoms with Crippen molar-refractivity contribution in [2.75, 3.05) is 19.4 Å². The summed E-state index contributed by atoms with van der Waals surface area (Å²) >= 11 is 0. The van der Waals surface area contributed by atoms with E-state index in [1.54, 1.807) is 38.4 Å². The van der Waals surface area contributed by atoms with Crippen molar-refractivity contribution in [3.63, 3.8) is 0 Å². The monoisotopic (exact) mass is 396 g/mol. The number of amides is 2. The van der Waals surface area contributed by atoms with Gasteiger partial charge in [-0.25, -0.2) is 9.49 Å². The highest BCUT2D eigenvalue weighted by Gasteiger charge is 2.13. The lowest BCUT2D eigenvalue weighted by Crippen LogP contribution is -2.23. The molecular formula is C21H21FN4O3. The zero-order valence-corrected chi connectivity index (χ0v) is 16.2. The van der Waals surface area contributed by atoms with Gasteiger partial charge in [-0.1, -0.05) is 24.3 Å². The van der Waals surface area contributed by atoms with Crippen LogP contribution < -0.4 is 10.9 Å². The van der Waals surface area contributed by atoms with Gasteiger partial charge < -0.3 is 10.2 Å². The second-order valence-electron chi connectivity index (χ2n) is 6.87. The zero-order valence-electron chi connectivity index (χ0n) is 16.2. The van der Waals surface area contributed by atoms with E-state index in [0.29, 0.717) is 22.9 Å². The van der Waals surface area contributed by atoms with Crippen molar-refractivity contribution < 1.29 is 14.0 Å². The molecule has 0 fully saturated rings. The normalized spacial score (nSPS) is 10.7. The molecule has 0 radical (unpaired) electrons. The van der Waals surface area contributed by atoms with E-state index >= 15 is 0 Å². The van der Waals surface area contributed by atoms with E-state index in [1.165, 1.54) is 17.0 Å². The summed E-state index contributed by atoms with van der Waals surface area (Å²) in [5, 5.41) is 10.3. The van der Waals surface area contributed by atoms with E-state index in [0.717, 1.165) is 5.56 Å². The standard InChI is InChI=1S/C21H21FN4O3/c1-26(2)20(28)10-9-19(27)23-18-12-13(7-8-16(18)22)11-17-14-5-3-4-6-15(14)21(29)25-24-17/h3-8,12H,9-11H2,1-2H3,(H,23,27)(H,25,29). The molecule has 1 aromatic heterocycles. The smallest absolute Gasteiger partial charge is 0.272 e. The molecule has 150 valence electrons. The van der Waals surface area contributed by atoms with E-state index in [1.807, 2.05) is 6.07 Å². The molecule has 0 aliphatic heterocycles. The Bertz CT molecular complexity index is 1120. The van der Waals surface area contributed by atoms with E-state index in [2.05, 4.69) is 15.5 Å². The lowest BCUT2D eigenvalue weighted by Gasteiger charge is -2.11. The Kier molecular flexibility index (Phi) is 6.01. The molecule has 3 aromatic rings. The van der Waals surface area contributed by atoms with Crippen molar-refractivity contribution in [1.29, 1.82) is 0 Å². The molecule has 0 bridgehead atoms. The Labute approximate surface area is 166 Å². The van der Waals surface area contributed by atoms with Crippen molar-refractivity contribution in [1.82, 2.24) is 15.1 Å². The van der Waals surface area contributed by atoms with Crippen LogP contribution in [0.2, 0.25) is 0 Å². The van der Waals surface area contributed by atoms with Gasteiger partial charge in [-0.3, -0.25) is 14.4 Å². The maximum absolute atomic E-state index is 14.1. The average molecular weight is 396 g/mol. The van der Waals surface area contributed by atoms with Crippen LogP contribution in [0.15, 0.2) is 47.3 Å². The number of aromatic amines is 1. The summed E-state index contributed by atoms with van der Waals surface area (Å²) < 4.78 is 14.1. The van der Waals surface area contributed by atoms with Gasteiger partial charge in [-0.05, 0) is 23.8 Å². The first kappa shape index (κ1) is 20.2. The van der Waals surface area contributed by atoms with E-state index < -0.39 is 11.7 Å². The summed E-state index contributed by atoms with van der Waals surface area (Å²) in [7, 11) is 3.22. The van der Waals surface area contributed by atoms with Gasteiger partial charge in [0.1, 0.15) is 5.82 Å². The Morgan fingerprint density at radius 1 is 1.10 bits per heavy atom. The van der Waals surface area contributed by atoms with Crippen LogP contribution in [0.4, 0.5) is 10.1 Å². The predicted octanol–water partition coefficient (Wildman–Crippen LogP) is 2.46.